The minimum Gasteiger partial charge on any atom is -0.477 e. The summed E-state index contributed by atoms with van der Waals surface area (Å²) in [7, 11) is 0. The van der Waals surface area contributed by atoms with Gasteiger partial charge in [-0.2, -0.15) is 0 Å². The van der Waals surface area contributed by atoms with Gasteiger partial charge in [0.25, 0.3) is 0 Å². The number of piperidine rings is 1. The zero-order valence-corrected chi connectivity index (χ0v) is 11.7. The fourth-order valence-electron chi connectivity index (χ4n) is 3.29. The molecule has 0 aromatic carbocycles. The van der Waals surface area contributed by atoms with E-state index in [0.29, 0.717) is 17.8 Å². The summed E-state index contributed by atoms with van der Waals surface area (Å²) in [5.41, 5.74) is -0.127. The fourth-order valence-corrected chi connectivity index (χ4v) is 4.17. The first-order chi connectivity index (χ1) is 9.51. The van der Waals surface area contributed by atoms with E-state index in [9.17, 15) is 14.4 Å². The van der Waals surface area contributed by atoms with Crippen molar-refractivity contribution in [3.63, 3.8) is 0 Å². The van der Waals surface area contributed by atoms with Crippen molar-refractivity contribution in [2.45, 2.75) is 38.5 Å². The number of imide groups is 1. The summed E-state index contributed by atoms with van der Waals surface area (Å²) in [5, 5.41) is 9.34. The molecule has 3 rings (SSSR count). The van der Waals surface area contributed by atoms with Crippen LogP contribution in [0.25, 0.3) is 0 Å². The van der Waals surface area contributed by atoms with E-state index in [4.69, 9.17) is 5.11 Å². The largest absolute Gasteiger partial charge is 0.477 e. The van der Waals surface area contributed by atoms with Crippen LogP contribution in [0.3, 0.4) is 0 Å². The molecular weight excluding hydrogens is 278 g/mol. The number of rotatable bonds is 2. The van der Waals surface area contributed by atoms with Gasteiger partial charge in [-0.05, 0) is 30.4 Å². The maximum atomic E-state index is 12.3. The number of anilines is 1. The van der Waals surface area contributed by atoms with Crippen LogP contribution < -0.4 is 4.90 Å². The first kappa shape index (κ1) is 13.3. The van der Waals surface area contributed by atoms with E-state index in [1.54, 1.807) is 0 Å². The highest BCUT2D eigenvalue weighted by Crippen LogP contribution is 2.48. The minimum atomic E-state index is -1.04. The van der Waals surface area contributed by atoms with E-state index in [-0.39, 0.29) is 22.1 Å². The monoisotopic (exact) mass is 293 g/mol. The van der Waals surface area contributed by atoms with Gasteiger partial charge in [0.15, 0.2) is 0 Å². The van der Waals surface area contributed by atoms with Crippen LogP contribution in [0.15, 0.2) is 12.1 Å². The minimum absolute atomic E-state index is 0.127. The summed E-state index contributed by atoms with van der Waals surface area (Å²) in [6.45, 7) is 0. The quantitative estimate of drug-likeness (QED) is 0.851. The van der Waals surface area contributed by atoms with Crippen LogP contribution in [-0.4, -0.2) is 22.9 Å². The number of aromatic carboxylic acids is 1. The SMILES string of the molecule is O=C(O)c1ccc(N2C(=O)CC3(CCCC3)CC2=O)s1. The topological polar surface area (TPSA) is 74.7 Å². The van der Waals surface area contributed by atoms with Crippen LogP contribution >= 0.6 is 11.3 Å². The van der Waals surface area contributed by atoms with Crippen molar-refractivity contribution in [1.29, 1.82) is 0 Å². The number of thiophene rings is 1. The summed E-state index contributed by atoms with van der Waals surface area (Å²) >= 11 is 0.971. The Morgan fingerprint density at radius 2 is 1.75 bits per heavy atom. The van der Waals surface area contributed by atoms with Crippen molar-refractivity contribution in [2.75, 3.05) is 4.90 Å². The molecule has 1 N–H and O–H groups in total. The molecule has 106 valence electrons. The van der Waals surface area contributed by atoms with Crippen molar-refractivity contribution in [1.82, 2.24) is 0 Å². The highest BCUT2D eigenvalue weighted by molar-refractivity contribution is 7.18. The van der Waals surface area contributed by atoms with Crippen LogP contribution in [-0.2, 0) is 9.59 Å². The third-order valence-electron chi connectivity index (χ3n) is 4.24. The number of carbonyl (C=O) groups excluding carboxylic acids is 2. The van der Waals surface area contributed by atoms with Gasteiger partial charge in [-0.25, -0.2) is 9.69 Å². The van der Waals surface area contributed by atoms with E-state index in [2.05, 4.69) is 0 Å². The van der Waals surface area contributed by atoms with Crippen LogP contribution in [0.2, 0.25) is 0 Å². The van der Waals surface area contributed by atoms with E-state index >= 15 is 0 Å². The molecule has 0 unspecified atom stereocenters. The van der Waals surface area contributed by atoms with Gasteiger partial charge >= 0.3 is 5.97 Å². The van der Waals surface area contributed by atoms with Gasteiger partial charge in [-0.15, -0.1) is 11.3 Å². The maximum absolute atomic E-state index is 12.3. The number of nitrogens with zero attached hydrogens (tertiary/aromatic N) is 1. The fraction of sp³-hybridized carbons (Fsp3) is 0.500. The predicted molar refractivity (Wildman–Crippen MR) is 73.9 cm³/mol. The molecule has 2 heterocycles. The normalized spacial score (nSPS) is 21.7. The first-order valence-corrected chi connectivity index (χ1v) is 7.51. The van der Waals surface area contributed by atoms with Crippen molar-refractivity contribution in [3.8, 4) is 0 Å². The Hall–Kier alpha value is -1.69. The molecule has 1 aromatic rings. The van der Waals surface area contributed by atoms with Crippen LogP contribution in [0.5, 0.6) is 0 Å². The lowest BCUT2D eigenvalue weighted by Gasteiger charge is -2.36. The Balaban J connectivity index is 1.85. The lowest BCUT2D eigenvalue weighted by Crippen LogP contribution is -2.47. The Morgan fingerprint density at radius 1 is 1.15 bits per heavy atom. The zero-order valence-electron chi connectivity index (χ0n) is 10.9. The lowest BCUT2D eigenvalue weighted by molar-refractivity contribution is -0.133. The second-order valence-electron chi connectivity index (χ2n) is 5.63. The Labute approximate surface area is 120 Å². The number of hydrogen-bond acceptors (Lipinski definition) is 4. The van der Waals surface area contributed by atoms with Crippen molar-refractivity contribution < 1.29 is 19.5 Å². The van der Waals surface area contributed by atoms with Crippen LogP contribution in [0, 0.1) is 5.41 Å². The summed E-state index contributed by atoms with van der Waals surface area (Å²) in [4.78, 5) is 36.8. The van der Waals surface area contributed by atoms with Crippen molar-refractivity contribution in [3.05, 3.63) is 17.0 Å². The average Bonchev–Trinajstić information content (AvgIpc) is 2.98. The molecule has 2 amide bonds. The lowest BCUT2D eigenvalue weighted by atomic mass is 9.76. The standard InChI is InChI=1S/C14H15NO4S/c16-10-7-14(5-1-2-6-14)8-11(17)15(10)12-4-3-9(20-12)13(18)19/h3-4H,1-2,5-8H2,(H,18,19). The van der Waals surface area contributed by atoms with Gasteiger partial charge in [-0.3, -0.25) is 9.59 Å². The highest BCUT2D eigenvalue weighted by Gasteiger charge is 2.45. The zero-order chi connectivity index (χ0) is 14.3. The molecule has 0 atom stereocenters. The van der Waals surface area contributed by atoms with E-state index < -0.39 is 5.97 Å². The molecule has 20 heavy (non-hydrogen) atoms. The number of carbonyl (C=O) groups is 3. The van der Waals surface area contributed by atoms with Gasteiger partial charge in [0.1, 0.15) is 9.88 Å². The molecule has 0 bridgehead atoms. The average molecular weight is 293 g/mol. The molecular formula is C14H15NO4S. The number of carboxylic acids is 1. The number of hydrogen-bond donors (Lipinski definition) is 1. The van der Waals surface area contributed by atoms with Gasteiger partial charge in [0.05, 0.1) is 0 Å². The van der Waals surface area contributed by atoms with Gasteiger partial charge in [0.2, 0.25) is 11.8 Å². The Kier molecular flexibility index (Phi) is 3.12. The molecule has 2 fully saturated rings. The molecule has 1 aliphatic carbocycles. The molecule has 2 aliphatic rings. The van der Waals surface area contributed by atoms with E-state index in [1.165, 1.54) is 17.0 Å². The van der Waals surface area contributed by atoms with Crippen LogP contribution in [0.4, 0.5) is 5.00 Å². The van der Waals surface area contributed by atoms with E-state index in [1.807, 2.05) is 0 Å². The second-order valence-corrected chi connectivity index (χ2v) is 6.69. The Morgan fingerprint density at radius 3 is 2.25 bits per heavy atom. The highest BCUT2D eigenvalue weighted by atomic mass is 32.1. The number of carboxylic acid groups (broad SMARTS) is 1. The molecule has 0 radical (unpaired) electrons. The van der Waals surface area contributed by atoms with Crippen molar-refractivity contribution in [2.24, 2.45) is 5.41 Å². The molecule has 6 heteroatoms. The molecule has 1 spiro atoms. The first-order valence-electron chi connectivity index (χ1n) is 6.70. The van der Waals surface area contributed by atoms with E-state index in [0.717, 1.165) is 37.0 Å². The summed E-state index contributed by atoms with van der Waals surface area (Å²) < 4.78 is 0. The molecule has 1 saturated carbocycles. The second kappa shape index (κ2) is 4.70. The molecule has 1 aliphatic heterocycles. The summed E-state index contributed by atoms with van der Waals surface area (Å²) in [6, 6.07) is 2.97. The van der Waals surface area contributed by atoms with Crippen LogP contribution in [0.1, 0.15) is 48.2 Å². The Bertz CT molecular complexity index is 566. The third-order valence-corrected chi connectivity index (χ3v) is 5.30. The third kappa shape index (κ3) is 2.14. The van der Waals surface area contributed by atoms with Gasteiger partial charge in [0, 0.05) is 12.8 Å². The summed E-state index contributed by atoms with van der Waals surface area (Å²) in [5.74, 6) is -1.42. The van der Waals surface area contributed by atoms with Crippen molar-refractivity contribution >= 4 is 34.1 Å². The smallest absolute Gasteiger partial charge is 0.345 e. The summed E-state index contributed by atoms with van der Waals surface area (Å²) in [6.07, 6.45) is 4.87. The maximum Gasteiger partial charge on any atom is 0.345 e. The molecule has 1 saturated heterocycles. The predicted octanol–water partition coefficient (Wildman–Crippen LogP) is 2.66. The molecule has 5 nitrogen and oxygen atoms in total. The van der Waals surface area contributed by atoms with Gasteiger partial charge in [-0.1, -0.05) is 12.8 Å². The molecule has 1 aromatic heterocycles. The number of amides is 2. The van der Waals surface area contributed by atoms with Gasteiger partial charge < -0.3 is 5.11 Å².